The van der Waals surface area contributed by atoms with E-state index in [1.807, 2.05) is 20.9 Å². The minimum absolute atomic E-state index is 0.000738. The largest absolute Gasteiger partial charge is 0.352 e. The molecule has 1 aromatic rings. The molecule has 16 heavy (non-hydrogen) atoms. The smallest absolute Gasteiger partial charge is 0.255 e. The summed E-state index contributed by atoms with van der Waals surface area (Å²) in [5, 5.41) is 7.17. The van der Waals surface area contributed by atoms with Gasteiger partial charge in [-0.05, 0) is 20.3 Å². The zero-order valence-corrected chi connectivity index (χ0v) is 10.6. The molecule has 90 valence electrons. The molecule has 0 radical (unpaired) electrons. The number of nitrogens with zero attached hydrogens (tertiary/aromatic N) is 2. The number of nitrogens with one attached hydrogen (secondary N) is 1. The van der Waals surface area contributed by atoms with Gasteiger partial charge < -0.3 is 5.32 Å². The number of hydrogen-bond acceptors (Lipinski definition) is 2. The van der Waals surface area contributed by atoms with Gasteiger partial charge in [0.15, 0.2) is 0 Å². The van der Waals surface area contributed by atoms with E-state index in [1.165, 1.54) is 6.42 Å². The van der Waals surface area contributed by atoms with Crippen LogP contribution in [0.2, 0.25) is 0 Å². The molecule has 0 spiro atoms. The minimum Gasteiger partial charge on any atom is -0.352 e. The van der Waals surface area contributed by atoms with Crippen LogP contribution in [0.15, 0.2) is 0 Å². The zero-order valence-electron chi connectivity index (χ0n) is 10.6. The number of aromatic nitrogens is 2. The van der Waals surface area contributed by atoms with E-state index in [-0.39, 0.29) is 5.91 Å². The Morgan fingerprint density at radius 1 is 1.38 bits per heavy atom. The number of hydrogen-bond donors (Lipinski definition) is 1. The molecule has 0 aliphatic heterocycles. The standard InChI is InChI=1S/C12H21N3O/c1-5-6-7-8-13-12(16)11-9(2)14-15(4)10(11)3/h5-8H2,1-4H3,(H,13,16). The summed E-state index contributed by atoms with van der Waals surface area (Å²) in [5.41, 5.74) is 2.44. The number of carbonyl (C=O) groups is 1. The molecule has 0 saturated heterocycles. The van der Waals surface area contributed by atoms with Gasteiger partial charge in [0.05, 0.1) is 11.3 Å². The van der Waals surface area contributed by atoms with Gasteiger partial charge in [0.2, 0.25) is 0 Å². The second-order valence-corrected chi connectivity index (χ2v) is 4.13. The third-order valence-corrected chi connectivity index (χ3v) is 2.80. The topological polar surface area (TPSA) is 46.9 Å². The minimum atomic E-state index is -0.000738. The van der Waals surface area contributed by atoms with Crippen LogP contribution in [0, 0.1) is 13.8 Å². The summed E-state index contributed by atoms with van der Waals surface area (Å²) in [5.74, 6) is -0.000738. The molecule has 1 heterocycles. The first-order valence-corrected chi connectivity index (χ1v) is 5.86. The van der Waals surface area contributed by atoms with Gasteiger partial charge in [-0.25, -0.2) is 0 Å². The van der Waals surface area contributed by atoms with Crippen LogP contribution < -0.4 is 5.32 Å². The van der Waals surface area contributed by atoms with Crippen LogP contribution >= 0.6 is 0 Å². The first kappa shape index (κ1) is 12.7. The third kappa shape index (κ3) is 2.84. The van der Waals surface area contributed by atoms with Crippen molar-refractivity contribution in [1.82, 2.24) is 15.1 Å². The fourth-order valence-corrected chi connectivity index (χ4v) is 1.77. The molecule has 0 fully saturated rings. The van der Waals surface area contributed by atoms with E-state index in [4.69, 9.17) is 0 Å². The van der Waals surface area contributed by atoms with Gasteiger partial charge in [0.25, 0.3) is 5.91 Å². The van der Waals surface area contributed by atoms with Crippen molar-refractivity contribution in [2.45, 2.75) is 40.0 Å². The average molecular weight is 223 g/mol. The van der Waals surface area contributed by atoms with E-state index >= 15 is 0 Å². The Morgan fingerprint density at radius 2 is 2.06 bits per heavy atom. The van der Waals surface area contributed by atoms with Crippen molar-refractivity contribution in [3.63, 3.8) is 0 Å². The monoisotopic (exact) mass is 223 g/mol. The molecule has 0 unspecified atom stereocenters. The van der Waals surface area contributed by atoms with Gasteiger partial charge in [0.1, 0.15) is 0 Å². The highest BCUT2D eigenvalue weighted by atomic mass is 16.1. The van der Waals surface area contributed by atoms with Gasteiger partial charge in [0, 0.05) is 19.3 Å². The van der Waals surface area contributed by atoms with Gasteiger partial charge in [-0.15, -0.1) is 0 Å². The molecule has 0 saturated carbocycles. The highest BCUT2D eigenvalue weighted by molar-refractivity contribution is 5.96. The average Bonchev–Trinajstić information content (AvgIpc) is 2.48. The summed E-state index contributed by atoms with van der Waals surface area (Å²) in [4.78, 5) is 11.9. The van der Waals surface area contributed by atoms with Crippen molar-refractivity contribution in [1.29, 1.82) is 0 Å². The molecule has 0 atom stereocenters. The van der Waals surface area contributed by atoms with Crippen LogP contribution in [0.25, 0.3) is 0 Å². The molecule has 1 amide bonds. The number of aryl methyl sites for hydroxylation is 2. The van der Waals surface area contributed by atoms with E-state index in [1.54, 1.807) is 4.68 Å². The lowest BCUT2D eigenvalue weighted by atomic mass is 10.2. The number of rotatable bonds is 5. The predicted molar refractivity (Wildman–Crippen MR) is 64.5 cm³/mol. The maximum atomic E-state index is 11.9. The molecule has 1 rings (SSSR count). The second-order valence-electron chi connectivity index (χ2n) is 4.13. The van der Waals surface area contributed by atoms with Crippen LogP contribution in [0.3, 0.4) is 0 Å². The lowest BCUT2D eigenvalue weighted by molar-refractivity contribution is 0.0951. The molecule has 4 heteroatoms. The Kier molecular flexibility index (Phi) is 4.52. The van der Waals surface area contributed by atoms with Crippen molar-refractivity contribution in [3.8, 4) is 0 Å². The lowest BCUT2D eigenvalue weighted by Gasteiger charge is -2.04. The molecule has 0 aromatic carbocycles. The van der Waals surface area contributed by atoms with Gasteiger partial charge >= 0.3 is 0 Å². The lowest BCUT2D eigenvalue weighted by Crippen LogP contribution is -2.25. The molecule has 0 aliphatic rings. The summed E-state index contributed by atoms with van der Waals surface area (Å²) < 4.78 is 1.75. The van der Waals surface area contributed by atoms with Crippen molar-refractivity contribution in [3.05, 3.63) is 17.0 Å². The number of amides is 1. The van der Waals surface area contributed by atoms with Crippen LogP contribution in [-0.2, 0) is 7.05 Å². The van der Waals surface area contributed by atoms with E-state index in [2.05, 4.69) is 17.3 Å². The molecule has 1 N–H and O–H groups in total. The molecular formula is C12H21N3O. The van der Waals surface area contributed by atoms with E-state index in [0.29, 0.717) is 0 Å². The van der Waals surface area contributed by atoms with E-state index in [0.717, 1.165) is 36.3 Å². The van der Waals surface area contributed by atoms with Gasteiger partial charge in [-0.3, -0.25) is 9.48 Å². The molecule has 0 aliphatic carbocycles. The number of unbranched alkanes of at least 4 members (excludes halogenated alkanes) is 2. The maximum absolute atomic E-state index is 11.9. The SMILES string of the molecule is CCCCCNC(=O)c1c(C)nn(C)c1C. The van der Waals surface area contributed by atoms with Crippen molar-refractivity contribution < 1.29 is 4.79 Å². The fourth-order valence-electron chi connectivity index (χ4n) is 1.77. The van der Waals surface area contributed by atoms with Crippen LogP contribution in [0.1, 0.15) is 47.9 Å². The van der Waals surface area contributed by atoms with E-state index in [9.17, 15) is 4.79 Å². The van der Waals surface area contributed by atoms with Crippen LogP contribution in [0.5, 0.6) is 0 Å². The van der Waals surface area contributed by atoms with E-state index < -0.39 is 0 Å². The summed E-state index contributed by atoms with van der Waals surface area (Å²) in [6.07, 6.45) is 3.37. The van der Waals surface area contributed by atoms with Crippen LogP contribution in [-0.4, -0.2) is 22.2 Å². The summed E-state index contributed by atoms with van der Waals surface area (Å²) >= 11 is 0. The first-order valence-electron chi connectivity index (χ1n) is 5.86. The van der Waals surface area contributed by atoms with Gasteiger partial charge in [-0.2, -0.15) is 5.10 Å². The normalized spacial score (nSPS) is 10.5. The molecular weight excluding hydrogens is 202 g/mol. The quantitative estimate of drug-likeness (QED) is 0.776. The second kappa shape index (κ2) is 5.68. The highest BCUT2D eigenvalue weighted by Gasteiger charge is 2.16. The molecule has 1 aromatic heterocycles. The van der Waals surface area contributed by atoms with Crippen molar-refractivity contribution in [2.75, 3.05) is 6.54 Å². The van der Waals surface area contributed by atoms with Crippen LogP contribution in [0.4, 0.5) is 0 Å². The maximum Gasteiger partial charge on any atom is 0.255 e. The molecule has 4 nitrogen and oxygen atoms in total. The summed E-state index contributed by atoms with van der Waals surface area (Å²) in [6.45, 7) is 6.69. The zero-order chi connectivity index (χ0) is 12.1. The summed E-state index contributed by atoms with van der Waals surface area (Å²) in [7, 11) is 1.86. The van der Waals surface area contributed by atoms with Crippen molar-refractivity contribution in [2.24, 2.45) is 7.05 Å². The first-order chi connectivity index (χ1) is 7.57. The predicted octanol–water partition coefficient (Wildman–Crippen LogP) is 1.96. The summed E-state index contributed by atoms with van der Waals surface area (Å²) in [6, 6.07) is 0. The Balaban J connectivity index is 2.59. The third-order valence-electron chi connectivity index (χ3n) is 2.80. The number of carbonyl (C=O) groups excluding carboxylic acids is 1. The Morgan fingerprint density at radius 3 is 2.56 bits per heavy atom. The van der Waals surface area contributed by atoms with Gasteiger partial charge in [-0.1, -0.05) is 19.8 Å². The molecule has 0 bridgehead atoms. The van der Waals surface area contributed by atoms with Crippen molar-refractivity contribution >= 4 is 5.91 Å². The highest BCUT2D eigenvalue weighted by Crippen LogP contribution is 2.11. The Labute approximate surface area is 97.0 Å². The Hall–Kier alpha value is -1.32. The Bertz CT molecular complexity index is 369. The fraction of sp³-hybridized carbons (Fsp3) is 0.667.